The van der Waals surface area contributed by atoms with Gasteiger partial charge in [-0.05, 0) is 78.4 Å². The molecule has 1 heterocycles. The summed E-state index contributed by atoms with van der Waals surface area (Å²) >= 11 is 0. The second-order valence-electron chi connectivity index (χ2n) is 9.04. The molecule has 34 heavy (non-hydrogen) atoms. The largest absolute Gasteiger partial charge is 0.454 e. The first-order valence-corrected chi connectivity index (χ1v) is 11.3. The molecule has 5 rings (SSSR count). The van der Waals surface area contributed by atoms with Gasteiger partial charge < -0.3 is 25.0 Å². The molecule has 1 saturated carbocycles. The molecule has 0 aromatic heterocycles. The molecule has 1 aliphatic carbocycles. The normalized spacial score (nSPS) is 14.9. The van der Waals surface area contributed by atoms with E-state index in [-0.39, 0.29) is 21.6 Å². The summed E-state index contributed by atoms with van der Waals surface area (Å²) in [6.07, 6.45) is 1.61. The molecule has 0 radical (unpaired) electrons. The molecule has 2 N–H and O–H groups in total. The van der Waals surface area contributed by atoms with Gasteiger partial charge in [0.2, 0.25) is 12.7 Å². The van der Waals surface area contributed by atoms with Crippen molar-refractivity contribution in [3.05, 3.63) is 71.8 Å². The minimum absolute atomic E-state index is 0. The summed E-state index contributed by atoms with van der Waals surface area (Å²) in [5.41, 5.74) is 5.03. The molecule has 7 nitrogen and oxygen atoms in total. The number of rotatable bonds is 5. The summed E-state index contributed by atoms with van der Waals surface area (Å²) in [6, 6.07) is 19.2. The van der Waals surface area contributed by atoms with Crippen LogP contribution in [0, 0.1) is 6.92 Å². The number of benzene rings is 3. The number of hydrogen-bond donors (Lipinski definition) is 2. The summed E-state index contributed by atoms with van der Waals surface area (Å²) in [5, 5.41) is 5.96. The maximum Gasteiger partial charge on any atom is 0.321 e. The molecule has 0 bridgehead atoms. The third-order valence-corrected chi connectivity index (χ3v) is 6.46. The van der Waals surface area contributed by atoms with Gasteiger partial charge in [0.15, 0.2) is 11.5 Å². The molecule has 1 aliphatic heterocycles. The zero-order valence-electron chi connectivity index (χ0n) is 19.5. The molecule has 3 aromatic carbocycles. The smallest absolute Gasteiger partial charge is 0.321 e. The second-order valence-corrected chi connectivity index (χ2v) is 9.04. The van der Waals surface area contributed by atoms with Crippen LogP contribution in [0.25, 0.3) is 11.1 Å². The maximum atomic E-state index is 13.3. The highest BCUT2D eigenvalue weighted by atomic mass is 16.7. The van der Waals surface area contributed by atoms with Crippen molar-refractivity contribution >= 4 is 23.3 Å². The van der Waals surface area contributed by atoms with Crippen molar-refractivity contribution in [1.29, 1.82) is 0 Å². The first-order chi connectivity index (χ1) is 16.4. The average Bonchev–Trinajstić information content (AvgIpc) is 3.51. The lowest BCUT2D eigenvalue weighted by Crippen LogP contribution is -2.27. The van der Waals surface area contributed by atoms with Gasteiger partial charge in [-0.2, -0.15) is 0 Å². The number of carbonyl (C=O) groups excluding carboxylic acids is 2. The summed E-state index contributed by atoms with van der Waals surface area (Å²) in [5.74, 6) is 1.40. The van der Waals surface area contributed by atoms with E-state index >= 15 is 0 Å². The van der Waals surface area contributed by atoms with Gasteiger partial charge in [0.1, 0.15) is 0 Å². The predicted molar refractivity (Wildman–Crippen MR) is 136 cm³/mol. The molecule has 178 valence electrons. The number of nitrogens with zero attached hydrogens (tertiary/aromatic N) is 1. The van der Waals surface area contributed by atoms with Crippen LogP contribution in [-0.4, -0.2) is 37.7 Å². The Kier molecular flexibility index (Phi) is 5.40. The molecule has 7 heteroatoms. The van der Waals surface area contributed by atoms with Gasteiger partial charge >= 0.3 is 6.03 Å². The van der Waals surface area contributed by atoms with Crippen molar-refractivity contribution in [3.63, 3.8) is 0 Å². The van der Waals surface area contributed by atoms with E-state index in [9.17, 15) is 9.59 Å². The Labute approximate surface area is 201 Å². The highest BCUT2D eigenvalue weighted by Gasteiger charge is 2.51. The molecular weight excluding hydrogens is 430 g/mol. The summed E-state index contributed by atoms with van der Waals surface area (Å²) in [7, 11) is 3.40. The fourth-order valence-corrected chi connectivity index (χ4v) is 4.20. The maximum absolute atomic E-state index is 13.3. The van der Waals surface area contributed by atoms with E-state index < -0.39 is 5.41 Å². The SMILES string of the molecule is Cc1ccc(NC(=O)C2(c3ccc4c(c3)OCO4)CC2)cc1-c1ccc(NC(=O)N(C)C)cc1.[HH].[HH]. The number of carbonyl (C=O) groups is 2. The first kappa shape index (κ1) is 21.8. The zero-order valence-corrected chi connectivity index (χ0v) is 19.5. The minimum Gasteiger partial charge on any atom is -0.454 e. The molecule has 0 spiro atoms. The van der Waals surface area contributed by atoms with E-state index in [0.29, 0.717) is 5.75 Å². The Morgan fingerprint density at radius 1 is 0.882 bits per heavy atom. The number of urea groups is 1. The third-order valence-electron chi connectivity index (χ3n) is 6.46. The van der Waals surface area contributed by atoms with Gasteiger partial charge in [-0.15, -0.1) is 0 Å². The number of hydrogen-bond acceptors (Lipinski definition) is 4. The standard InChI is InChI=1S/C27H27N3O4.2H2/c1-17-4-8-21(15-22(17)18-5-9-20(10-6-18)29-26(32)30(2)3)28-25(31)27(12-13-27)19-7-11-23-24(14-19)34-16-33-23;;/h4-11,14-15H,12-13,16H2,1-3H3,(H,28,31)(H,29,32);2*1H. The van der Waals surface area contributed by atoms with E-state index in [1.165, 1.54) is 4.90 Å². The van der Waals surface area contributed by atoms with Crippen LogP contribution in [-0.2, 0) is 10.2 Å². The molecule has 3 aromatic rings. The number of ether oxygens (including phenoxy) is 2. The van der Waals surface area contributed by atoms with Gasteiger partial charge in [-0.25, -0.2) is 4.79 Å². The lowest BCUT2D eigenvalue weighted by Gasteiger charge is -2.17. The third kappa shape index (κ3) is 4.05. The van der Waals surface area contributed by atoms with Crippen LogP contribution in [0.1, 0.15) is 26.8 Å². The molecule has 0 atom stereocenters. The Morgan fingerprint density at radius 3 is 2.29 bits per heavy atom. The Morgan fingerprint density at radius 2 is 1.59 bits per heavy atom. The van der Waals surface area contributed by atoms with E-state index in [0.717, 1.165) is 52.2 Å². The average molecular weight is 462 g/mol. The quantitative estimate of drug-likeness (QED) is 0.515. The van der Waals surface area contributed by atoms with Crippen molar-refractivity contribution in [1.82, 2.24) is 4.90 Å². The van der Waals surface area contributed by atoms with Gasteiger partial charge in [0, 0.05) is 28.3 Å². The lowest BCUT2D eigenvalue weighted by atomic mass is 9.94. The Bertz CT molecular complexity index is 1270. The van der Waals surface area contributed by atoms with Gasteiger partial charge in [-0.3, -0.25) is 4.79 Å². The van der Waals surface area contributed by atoms with E-state index in [1.807, 2.05) is 67.6 Å². The van der Waals surface area contributed by atoms with Crippen LogP contribution in [0.15, 0.2) is 60.7 Å². The van der Waals surface area contributed by atoms with Crippen LogP contribution in [0.2, 0.25) is 0 Å². The summed E-state index contributed by atoms with van der Waals surface area (Å²) < 4.78 is 10.9. The molecule has 3 amide bonds. The van der Waals surface area contributed by atoms with Crippen LogP contribution >= 0.6 is 0 Å². The summed E-state index contributed by atoms with van der Waals surface area (Å²) in [6.45, 7) is 2.25. The van der Waals surface area contributed by atoms with Crippen molar-refractivity contribution in [2.24, 2.45) is 0 Å². The molecular formula is C27H31N3O4. The fraction of sp³-hybridized carbons (Fsp3) is 0.259. The van der Waals surface area contributed by atoms with Gasteiger partial charge in [-0.1, -0.05) is 24.3 Å². The van der Waals surface area contributed by atoms with Crippen molar-refractivity contribution < 1.29 is 21.9 Å². The second kappa shape index (κ2) is 8.41. The number of anilines is 2. The number of amides is 3. The van der Waals surface area contributed by atoms with Crippen molar-refractivity contribution in [2.45, 2.75) is 25.2 Å². The number of aryl methyl sites for hydroxylation is 1. The number of nitrogens with one attached hydrogen (secondary N) is 2. The van der Waals surface area contributed by atoms with Crippen molar-refractivity contribution in [2.75, 3.05) is 31.5 Å². The molecule has 1 fully saturated rings. The van der Waals surface area contributed by atoms with Crippen molar-refractivity contribution in [3.8, 4) is 22.6 Å². The van der Waals surface area contributed by atoms with Crippen LogP contribution in [0.5, 0.6) is 11.5 Å². The van der Waals surface area contributed by atoms with Crippen LogP contribution in [0.4, 0.5) is 16.2 Å². The highest BCUT2D eigenvalue weighted by Crippen LogP contribution is 2.51. The molecule has 0 saturated heterocycles. The first-order valence-electron chi connectivity index (χ1n) is 11.3. The van der Waals surface area contributed by atoms with E-state index in [2.05, 4.69) is 10.6 Å². The van der Waals surface area contributed by atoms with E-state index in [1.54, 1.807) is 14.1 Å². The zero-order chi connectivity index (χ0) is 23.9. The van der Waals surface area contributed by atoms with Gasteiger partial charge in [0.25, 0.3) is 0 Å². The Balaban J connectivity index is 0.00000180. The monoisotopic (exact) mass is 461 g/mol. The predicted octanol–water partition coefficient (Wildman–Crippen LogP) is 5.65. The lowest BCUT2D eigenvalue weighted by molar-refractivity contribution is -0.118. The van der Waals surface area contributed by atoms with Gasteiger partial charge in [0.05, 0.1) is 5.41 Å². The van der Waals surface area contributed by atoms with Crippen LogP contribution < -0.4 is 20.1 Å². The minimum atomic E-state index is -0.529. The fourth-order valence-electron chi connectivity index (χ4n) is 4.20. The Hall–Kier alpha value is -4.00. The topological polar surface area (TPSA) is 79.9 Å². The van der Waals surface area contributed by atoms with Crippen LogP contribution in [0.3, 0.4) is 0 Å². The summed E-state index contributed by atoms with van der Waals surface area (Å²) in [4.78, 5) is 26.7. The number of fused-ring (bicyclic) bond motifs is 1. The molecule has 2 aliphatic rings. The molecule has 0 unspecified atom stereocenters. The van der Waals surface area contributed by atoms with E-state index in [4.69, 9.17) is 9.47 Å². The highest BCUT2D eigenvalue weighted by molar-refractivity contribution is 6.02.